The van der Waals surface area contributed by atoms with Gasteiger partial charge in [-0.05, 0) is 118 Å². The maximum atomic E-state index is 12.6. The van der Waals surface area contributed by atoms with E-state index in [0.29, 0.717) is 19.1 Å². The summed E-state index contributed by atoms with van der Waals surface area (Å²) in [4.78, 5) is 17.0. The summed E-state index contributed by atoms with van der Waals surface area (Å²) in [5.74, 6) is 0. The zero-order chi connectivity index (χ0) is 26.7. The van der Waals surface area contributed by atoms with Crippen molar-refractivity contribution in [2.24, 2.45) is 0 Å². The number of piperidine rings is 1. The molecule has 1 aliphatic heterocycles. The summed E-state index contributed by atoms with van der Waals surface area (Å²) in [5.41, 5.74) is 8.54. The largest absolute Gasteiger partial charge is 0.444 e. The van der Waals surface area contributed by atoms with Gasteiger partial charge in [-0.3, -0.25) is 0 Å². The number of hydrogen-bond acceptors (Lipinski definition) is 3. The van der Waals surface area contributed by atoms with E-state index < -0.39 is 5.60 Å². The van der Waals surface area contributed by atoms with Gasteiger partial charge in [-0.25, -0.2) is 4.79 Å². The molecule has 0 bridgehead atoms. The van der Waals surface area contributed by atoms with Crippen LogP contribution in [0.15, 0.2) is 65.1 Å². The normalized spacial score (nSPS) is 14.5. The van der Waals surface area contributed by atoms with Crippen molar-refractivity contribution in [2.45, 2.75) is 72.6 Å². The van der Waals surface area contributed by atoms with Crippen LogP contribution >= 0.6 is 15.9 Å². The topological polar surface area (TPSA) is 32.8 Å². The van der Waals surface area contributed by atoms with Crippen LogP contribution in [-0.4, -0.2) is 35.7 Å². The summed E-state index contributed by atoms with van der Waals surface area (Å²) < 4.78 is 6.69. The summed E-state index contributed by atoms with van der Waals surface area (Å²) in [6, 6.07) is 22.4. The number of benzene rings is 3. The van der Waals surface area contributed by atoms with E-state index in [0.717, 1.165) is 23.9 Å². The van der Waals surface area contributed by atoms with Crippen LogP contribution in [0.25, 0.3) is 11.1 Å². The van der Waals surface area contributed by atoms with E-state index in [1.54, 1.807) is 0 Å². The first-order valence-corrected chi connectivity index (χ1v) is 14.0. The highest BCUT2D eigenvalue weighted by Gasteiger charge is 2.30. The van der Waals surface area contributed by atoms with Gasteiger partial charge >= 0.3 is 6.09 Å². The van der Waals surface area contributed by atoms with Crippen molar-refractivity contribution in [3.8, 4) is 11.1 Å². The van der Waals surface area contributed by atoms with Crippen molar-refractivity contribution in [3.63, 3.8) is 0 Å². The van der Waals surface area contributed by atoms with Crippen molar-refractivity contribution in [1.29, 1.82) is 0 Å². The zero-order valence-corrected chi connectivity index (χ0v) is 24.6. The number of carbonyl (C=O) groups excluding carboxylic acids is 1. The van der Waals surface area contributed by atoms with Crippen LogP contribution in [0.5, 0.6) is 0 Å². The molecule has 3 aromatic rings. The lowest BCUT2D eigenvalue weighted by molar-refractivity contribution is 0.0204. The molecule has 0 spiro atoms. The van der Waals surface area contributed by atoms with Gasteiger partial charge in [0, 0.05) is 35.8 Å². The number of ether oxygens (including phenoxy) is 1. The number of aryl methyl sites for hydroxylation is 2. The fraction of sp³-hybridized carbons (Fsp3) is 0.406. The van der Waals surface area contributed by atoms with Crippen LogP contribution in [0.1, 0.15) is 55.9 Å². The summed E-state index contributed by atoms with van der Waals surface area (Å²) in [5, 5.41) is 0. The monoisotopic (exact) mass is 562 g/mol. The molecule has 4 rings (SSSR count). The van der Waals surface area contributed by atoms with E-state index >= 15 is 0 Å². The smallest absolute Gasteiger partial charge is 0.410 e. The first kappa shape index (κ1) is 27.3. The molecule has 1 heterocycles. The van der Waals surface area contributed by atoms with Gasteiger partial charge in [0.15, 0.2) is 0 Å². The Hall–Kier alpha value is -2.79. The number of halogens is 1. The molecule has 0 aromatic heterocycles. The van der Waals surface area contributed by atoms with Crippen LogP contribution in [0, 0.1) is 20.8 Å². The van der Waals surface area contributed by atoms with Crippen LogP contribution in [-0.2, 0) is 11.3 Å². The Morgan fingerprint density at radius 2 is 1.57 bits per heavy atom. The van der Waals surface area contributed by atoms with Crippen molar-refractivity contribution in [3.05, 3.63) is 87.4 Å². The minimum atomic E-state index is -0.475. The van der Waals surface area contributed by atoms with Crippen molar-refractivity contribution < 1.29 is 9.53 Å². The molecule has 37 heavy (non-hydrogen) atoms. The molecule has 0 saturated carbocycles. The Morgan fingerprint density at radius 1 is 0.946 bits per heavy atom. The highest BCUT2D eigenvalue weighted by molar-refractivity contribution is 9.10. The van der Waals surface area contributed by atoms with Crippen molar-refractivity contribution >= 4 is 27.7 Å². The van der Waals surface area contributed by atoms with Crippen molar-refractivity contribution in [1.82, 2.24) is 4.90 Å². The summed E-state index contributed by atoms with van der Waals surface area (Å²) in [6.07, 6.45) is 1.61. The second-order valence-corrected chi connectivity index (χ2v) is 12.2. The average molecular weight is 564 g/mol. The van der Waals surface area contributed by atoms with E-state index in [-0.39, 0.29) is 6.09 Å². The molecule has 5 heteroatoms. The number of carbonyl (C=O) groups is 1. The van der Waals surface area contributed by atoms with E-state index in [1.165, 1.54) is 39.1 Å². The second-order valence-electron chi connectivity index (χ2n) is 11.2. The number of likely N-dealkylation sites (tertiary alicyclic amines) is 1. The lowest BCUT2D eigenvalue weighted by Crippen LogP contribution is -2.48. The molecule has 4 nitrogen and oxygen atoms in total. The highest BCUT2D eigenvalue weighted by atomic mass is 79.9. The molecule has 0 N–H and O–H groups in total. The standard InChI is InChI=1S/C32H39BrN2O2/c1-22-18-27(19-23(2)24(22)3)26-9-7-8-25(20-26)21-35(29-12-10-28(33)11-13-29)30-14-16-34(17-15-30)31(36)37-32(4,5)6/h7-13,18-20,30H,14-17,21H2,1-6H3. The Bertz CT molecular complexity index is 1220. The molecule has 1 amide bonds. The fourth-order valence-corrected chi connectivity index (χ4v) is 5.26. The molecule has 1 saturated heterocycles. The SMILES string of the molecule is Cc1cc(-c2cccc(CN(c3ccc(Br)cc3)C3CCN(C(=O)OC(C)(C)C)CC3)c2)cc(C)c1C. The molecule has 0 unspecified atom stereocenters. The minimum Gasteiger partial charge on any atom is -0.444 e. The Kier molecular flexibility index (Phi) is 8.33. The average Bonchev–Trinajstić information content (AvgIpc) is 2.85. The Labute approximate surface area is 230 Å². The predicted octanol–water partition coefficient (Wildman–Crippen LogP) is 8.45. The number of hydrogen-bond donors (Lipinski definition) is 0. The summed E-state index contributed by atoms with van der Waals surface area (Å²) in [7, 11) is 0. The maximum Gasteiger partial charge on any atom is 0.410 e. The van der Waals surface area contributed by atoms with Crippen LogP contribution in [0.4, 0.5) is 10.5 Å². The quantitative estimate of drug-likeness (QED) is 0.312. The molecular formula is C32H39BrN2O2. The van der Waals surface area contributed by atoms with Gasteiger partial charge in [-0.15, -0.1) is 0 Å². The lowest BCUT2D eigenvalue weighted by atomic mass is 9.95. The van der Waals surface area contributed by atoms with E-state index in [9.17, 15) is 4.79 Å². The minimum absolute atomic E-state index is 0.211. The van der Waals surface area contributed by atoms with Crippen LogP contribution in [0.2, 0.25) is 0 Å². The number of nitrogens with zero attached hydrogens (tertiary/aromatic N) is 2. The summed E-state index contributed by atoms with van der Waals surface area (Å²) in [6.45, 7) is 14.5. The number of anilines is 1. The van der Waals surface area contributed by atoms with Crippen molar-refractivity contribution in [2.75, 3.05) is 18.0 Å². The van der Waals surface area contributed by atoms with Gasteiger partial charge in [-0.2, -0.15) is 0 Å². The molecule has 196 valence electrons. The first-order chi connectivity index (χ1) is 17.5. The van der Waals surface area contributed by atoms with E-state index in [2.05, 4.69) is 102 Å². The second kappa shape index (κ2) is 11.3. The Balaban J connectivity index is 1.56. The van der Waals surface area contributed by atoms with Gasteiger partial charge < -0.3 is 14.5 Å². The van der Waals surface area contributed by atoms with Gasteiger partial charge in [0.1, 0.15) is 5.60 Å². The third-order valence-corrected chi connectivity index (χ3v) is 7.78. The highest BCUT2D eigenvalue weighted by Crippen LogP contribution is 2.30. The number of amides is 1. The van der Waals surface area contributed by atoms with Gasteiger partial charge in [0.25, 0.3) is 0 Å². The molecule has 0 aliphatic carbocycles. The predicted molar refractivity (Wildman–Crippen MR) is 157 cm³/mol. The molecule has 0 radical (unpaired) electrons. The van der Waals surface area contributed by atoms with Gasteiger partial charge in [-0.1, -0.05) is 46.3 Å². The number of rotatable bonds is 5. The van der Waals surface area contributed by atoms with Gasteiger partial charge in [0.05, 0.1) is 0 Å². The molecule has 1 aliphatic rings. The zero-order valence-electron chi connectivity index (χ0n) is 23.0. The summed E-state index contributed by atoms with van der Waals surface area (Å²) >= 11 is 3.58. The third kappa shape index (κ3) is 6.95. The first-order valence-electron chi connectivity index (χ1n) is 13.2. The third-order valence-electron chi connectivity index (χ3n) is 7.26. The van der Waals surface area contributed by atoms with Crippen LogP contribution in [0.3, 0.4) is 0 Å². The van der Waals surface area contributed by atoms with E-state index in [4.69, 9.17) is 4.74 Å². The van der Waals surface area contributed by atoms with Crippen LogP contribution < -0.4 is 4.90 Å². The molecule has 1 fully saturated rings. The molecular weight excluding hydrogens is 524 g/mol. The lowest BCUT2D eigenvalue weighted by Gasteiger charge is -2.40. The van der Waals surface area contributed by atoms with E-state index in [1.807, 2.05) is 25.7 Å². The fourth-order valence-electron chi connectivity index (χ4n) is 5.00. The van der Waals surface area contributed by atoms with Gasteiger partial charge in [0.2, 0.25) is 0 Å². The molecule has 3 aromatic carbocycles. The Morgan fingerprint density at radius 3 is 2.16 bits per heavy atom. The maximum absolute atomic E-state index is 12.6. The molecule has 0 atom stereocenters.